The summed E-state index contributed by atoms with van der Waals surface area (Å²) in [6.45, 7) is 7.56. The van der Waals surface area contributed by atoms with Crippen LogP contribution in [0.25, 0.3) is 0 Å². The minimum Gasteiger partial charge on any atom is -0.460 e. The maximum Gasteiger partial charge on any atom is 0.229 e. The molecule has 0 aromatic heterocycles. The molecule has 1 aromatic carbocycles. The average Bonchev–Trinajstić information content (AvgIpc) is 2.60. The van der Waals surface area contributed by atoms with E-state index in [2.05, 4.69) is 5.92 Å². The molecule has 1 saturated heterocycles. The first-order valence-corrected chi connectivity index (χ1v) is 8.75. The Balaban J connectivity index is 2.46. The van der Waals surface area contributed by atoms with Gasteiger partial charge in [0.25, 0.3) is 0 Å². The molecule has 26 heavy (non-hydrogen) atoms. The van der Waals surface area contributed by atoms with Gasteiger partial charge in [-0.25, -0.2) is 0 Å². The summed E-state index contributed by atoms with van der Waals surface area (Å²) in [4.78, 5) is 0. The molecule has 0 aliphatic carbocycles. The van der Waals surface area contributed by atoms with Gasteiger partial charge in [0.15, 0.2) is 0 Å². The van der Waals surface area contributed by atoms with E-state index in [4.69, 9.17) is 15.9 Å². The number of aliphatic hydroxyl groups is 4. The number of rotatable bonds is 4. The Bertz CT molecular complexity index is 670. The predicted octanol–water partition coefficient (Wildman–Crippen LogP) is 0.706. The van der Waals surface area contributed by atoms with Gasteiger partial charge in [-0.2, -0.15) is 0 Å². The molecule has 1 fully saturated rings. The molecule has 1 heterocycles. The highest BCUT2D eigenvalue weighted by Crippen LogP contribution is 2.37. The van der Waals surface area contributed by atoms with E-state index in [1.807, 2.05) is 39.8 Å². The Kier molecular flexibility index (Phi) is 6.33. The zero-order valence-electron chi connectivity index (χ0n) is 15.6. The van der Waals surface area contributed by atoms with Crippen molar-refractivity contribution in [2.45, 2.75) is 70.2 Å². The average molecular weight is 364 g/mol. The highest BCUT2D eigenvalue weighted by molar-refractivity contribution is 5.54. The lowest BCUT2D eigenvalue weighted by atomic mass is 9.83. The number of benzene rings is 1. The largest absolute Gasteiger partial charge is 0.460 e. The first kappa shape index (κ1) is 20.7. The van der Waals surface area contributed by atoms with Gasteiger partial charge in [0.05, 0.1) is 12.2 Å². The summed E-state index contributed by atoms with van der Waals surface area (Å²) in [5.41, 5.74) is 2.14. The smallest absolute Gasteiger partial charge is 0.229 e. The molecular formula is C20H28O6. The van der Waals surface area contributed by atoms with Gasteiger partial charge in [0, 0.05) is 5.56 Å². The van der Waals surface area contributed by atoms with Crippen molar-refractivity contribution in [2.75, 3.05) is 6.61 Å². The molecule has 1 aromatic rings. The maximum absolute atomic E-state index is 10.2. The Hall–Kier alpha value is -1.62. The monoisotopic (exact) mass is 364 g/mol. The van der Waals surface area contributed by atoms with E-state index in [1.165, 1.54) is 0 Å². The molecule has 0 radical (unpaired) electrons. The lowest BCUT2D eigenvalue weighted by Gasteiger charge is -2.40. The van der Waals surface area contributed by atoms with Crippen molar-refractivity contribution >= 4 is 0 Å². The molecule has 1 aliphatic rings. The topological polar surface area (TPSA) is 99.4 Å². The zero-order chi connectivity index (χ0) is 19.6. The SMILES string of the molecule is C#Cc1cc(CC)cc(C(C)(C)C)c1O[C@@H]1O[C@H](CO)[C@@H](O)[C@H](O)[C@H]1O. The van der Waals surface area contributed by atoms with Crippen molar-refractivity contribution in [1.82, 2.24) is 0 Å². The van der Waals surface area contributed by atoms with Crippen LogP contribution in [0.3, 0.4) is 0 Å². The van der Waals surface area contributed by atoms with Gasteiger partial charge in [-0.3, -0.25) is 0 Å². The molecule has 2 rings (SSSR count). The van der Waals surface area contributed by atoms with Crippen LogP contribution in [0.5, 0.6) is 5.75 Å². The molecule has 6 heteroatoms. The van der Waals surface area contributed by atoms with E-state index in [1.54, 1.807) is 0 Å². The second-order valence-corrected chi connectivity index (χ2v) is 7.58. The second kappa shape index (κ2) is 7.95. The third-order valence-corrected chi connectivity index (χ3v) is 4.60. The number of hydrogen-bond donors (Lipinski definition) is 4. The fourth-order valence-corrected chi connectivity index (χ4v) is 2.96. The standard InChI is InChI=1S/C20H28O6/c1-6-11-8-12(7-2)18(13(9-11)20(3,4)5)26-19-17(24)16(23)15(22)14(10-21)25-19/h2,8-9,14-17,19,21-24H,6,10H2,1,3-5H3/t14-,15-,16+,17-,19+/m1/s1. The molecule has 6 nitrogen and oxygen atoms in total. The fourth-order valence-electron chi connectivity index (χ4n) is 2.96. The van der Waals surface area contributed by atoms with Gasteiger partial charge >= 0.3 is 0 Å². The summed E-state index contributed by atoms with van der Waals surface area (Å²) in [6.07, 6.45) is -0.277. The van der Waals surface area contributed by atoms with E-state index in [-0.39, 0.29) is 5.41 Å². The van der Waals surface area contributed by atoms with Gasteiger partial charge < -0.3 is 29.9 Å². The summed E-state index contributed by atoms with van der Waals surface area (Å²) in [7, 11) is 0. The lowest BCUT2D eigenvalue weighted by Crippen LogP contribution is -2.60. The quantitative estimate of drug-likeness (QED) is 0.587. The predicted molar refractivity (Wildman–Crippen MR) is 96.9 cm³/mol. The Labute approximate surface area is 154 Å². The van der Waals surface area contributed by atoms with Crippen molar-refractivity contribution in [2.24, 2.45) is 0 Å². The fraction of sp³-hybridized carbons (Fsp3) is 0.600. The highest BCUT2D eigenvalue weighted by Gasteiger charge is 2.45. The second-order valence-electron chi connectivity index (χ2n) is 7.58. The van der Waals surface area contributed by atoms with Crippen LogP contribution in [-0.4, -0.2) is 57.7 Å². The van der Waals surface area contributed by atoms with Crippen LogP contribution >= 0.6 is 0 Å². The van der Waals surface area contributed by atoms with Crippen LogP contribution in [0, 0.1) is 12.3 Å². The van der Waals surface area contributed by atoms with Crippen molar-refractivity contribution < 1.29 is 29.9 Å². The Morgan fingerprint density at radius 1 is 1.15 bits per heavy atom. The first-order valence-electron chi connectivity index (χ1n) is 8.75. The number of hydrogen-bond acceptors (Lipinski definition) is 6. The Morgan fingerprint density at radius 2 is 1.81 bits per heavy atom. The number of aryl methyl sites for hydroxylation is 1. The van der Waals surface area contributed by atoms with E-state index < -0.39 is 37.3 Å². The molecule has 5 atom stereocenters. The summed E-state index contributed by atoms with van der Waals surface area (Å²) in [5.74, 6) is 3.00. The Morgan fingerprint density at radius 3 is 2.31 bits per heavy atom. The molecule has 1 aliphatic heterocycles. The minimum absolute atomic E-state index is 0.291. The summed E-state index contributed by atoms with van der Waals surface area (Å²) >= 11 is 0. The van der Waals surface area contributed by atoms with E-state index in [0.717, 1.165) is 17.5 Å². The third-order valence-electron chi connectivity index (χ3n) is 4.60. The molecule has 0 bridgehead atoms. The number of aliphatic hydroxyl groups excluding tert-OH is 4. The highest BCUT2D eigenvalue weighted by atomic mass is 16.7. The van der Waals surface area contributed by atoms with Crippen LogP contribution < -0.4 is 4.74 Å². The minimum atomic E-state index is -1.51. The molecule has 0 amide bonds. The zero-order valence-corrected chi connectivity index (χ0v) is 15.6. The molecule has 0 spiro atoms. The van der Waals surface area contributed by atoms with Gasteiger partial charge in [0.1, 0.15) is 30.2 Å². The molecule has 0 saturated carbocycles. The van der Waals surface area contributed by atoms with Crippen molar-refractivity contribution in [1.29, 1.82) is 0 Å². The van der Waals surface area contributed by atoms with Crippen LogP contribution in [0.2, 0.25) is 0 Å². The van der Waals surface area contributed by atoms with Crippen molar-refractivity contribution in [3.8, 4) is 18.1 Å². The molecule has 0 unspecified atom stereocenters. The lowest BCUT2D eigenvalue weighted by molar-refractivity contribution is -0.277. The van der Waals surface area contributed by atoms with Gasteiger partial charge in [0.2, 0.25) is 6.29 Å². The first-order chi connectivity index (χ1) is 12.1. The van der Waals surface area contributed by atoms with Crippen LogP contribution in [0.4, 0.5) is 0 Å². The molecular weight excluding hydrogens is 336 g/mol. The van der Waals surface area contributed by atoms with Crippen molar-refractivity contribution in [3.63, 3.8) is 0 Å². The third kappa shape index (κ3) is 4.03. The number of ether oxygens (including phenoxy) is 2. The van der Waals surface area contributed by atoms with Crippen molar-refractivity contribution in [3.05, 3.63) is 28.8 Å². The van der Waals surface area contributed by atoms with E-state index >= 15 is 0 Å². The number of terminal acetylenes is 1. The molecule has 4 N–H and O–H groups in total. The normalized spacial score (nSPS) is 29.3. The maximum atomic E-state index is 10.2. The summed E-state index contributed by atoms with van der Waals surface area (Å²) < 4.78 is 11.4. The van der Waals surface area contributed by atoms with Gasteiger partial charge in [-0.05, 0) is 23.5 Å². The van der Waals surface area contributed by atoms with Gasteiger partial charge in [-0.15, -0.1) is 6.42 Å². The van der Waals surface area contributed by atoms with Crippen LogP contribution in [0.15, 0.2) is 12.1 Å². The summed E-state index contributed by atoms with van der Waals surface area (Å²) in [5, 5.41) is 39.5. The molecule has 144 valence electrons. The van der Waals surface area contributed by atoms with Gasteiger partial charge in [-0.1, -0.05) is 39.7 Å². The van der Waals surface area contributed by atoms with Crippen LogP contribution in [-0.2, 0) is 16.6 Å². The van der Waals surface area contributed by atoms with Crippen LogP contribution in [0.1, 0.15) is 44.4 Å². The van der Waals surface area contributed by atoms with E-state index in [0.29, 0.717) is 11.3 Å². The van der Waals surface area contributed by atoms with E-state index in [9.17, 15) is 20.4 Å². The summed E-state index contributed by atoms with van der Waals surface area (Å²) in [6, 6.07) is 3.84.